The maximum absolute atomic E-state index is 14.4. The van der Waals surface area contributed by atoms with Gasteiger partial charge >= 0.3 is 0 Å². The molecule has 0 N–H and O–H groups in total. The van der Waals surface area contributed by atoms with Crippen LogP contribution in [0.25, 0.3) is 11.1 Å². The number of hydrogen-bond acceptors (Lipinski definition) is 4. The SMILES string of the molecule is CCOC1CCC(OC)CC1.CCOc1ccc2c(c1F)C(F)C(F)c1c-2ccc(C=O)c1F. The molecule has 1 fully saturated rings. The molecule has 4 nitrogen and oxygen atoms in total. The van der Waals surface area contributed by atoms with Crippen molar-refractivity contribution < 1.29 is 36.6 Å². The van der Waals surface area contributed by atoms with Crippen LogP contribution in [0.3, 0.4) is 0 Å². The molecular formula is C26H30F4O4. The molecule has 34 heavy (non-hydrogen) atoms. The fraction of sp³-hybridized carbons (Fsp3) is 0.500. The van der Waals surface area contributed by atoms with E-state index < -0.39 is 35.1 Å². The molecule has 186 valence electrons. The highest BCUT2D eigenvalue weighted by Crippen LogP contribution is 2.51. The molecule has 2 aliphatic carbocycles. The zero-order valence-corrected chi connectivity index (χ0v) is 19.6. The summed E-state index contributed by atoms with van der Waals surface area (Å²) in [5.41, 5.74) is -1.33. The monoisotopic (exact) mass is 482 g/mol. The molecule has 0 bridgehead atoms. The number of benzene rings is 2. The molecule has 4 rings (SSSR count). The molecule has 0 spiro atoms. The van der Waals surface area contributed by atoms with Crippen LogP contribution in [0.4, 0.5) is 17.6 Å². The van der Waals surface area contributed by atoms with Crippen LogP contribution in [0.15, 0.2) is 24.3 Å². The Bertz CT molecular complexity index is 989. The van der Waals surface area contributed by atoms with Crippen molar-refractivity contribution in [1.29, 1.82) is 0 Å². The lowest BCUT2D eigenvalue weighted by molar-refractivity contribution is -0.0118. The number of rotatable bonds is 6. The van der Waals surface area contributed by atoms with E-state index in [1.807, 2.05) is 0 Å². The van der Waals surface area contributed by atoms with E-state index >= 15 is 0 Å². The third-order valence-electron chi connectivity index (χ3n) is 6.24. The Morgan fingerprint density at radius 3 is 1.94 bits per heavy atom. The second-order valence-electron chi connectivity index (χ2n) is 8.21. The summed E-state index contributed by atoms with van der Waals surface area (Å²) in [6, 6.07) is 5.10. The maximum atomic E-state index is 14.4. The number of methoxy groups -OCH3 is 1. The summed E-state index contributed by atoms with van der Waals surface area (Å²) in [6.07, 6.45) is 1.13. The number of fused-ring (bicyclic) bond motifs is 3. The summed E-state index contributed by atoms with van der Waals surface area (Å²) in [5, 5.41) is 0. The van der Waals surface area contributed by atoms with Gasteiger partial charge in [0.1, 0.15) is 5.82 Å². The summed E-state index contributed by atoms with van der Waals surface area (Å²) in [5.74, 6) is -2.30. The van der Waals surface area contributed by atoms with Crippen molar-refractivity contribution in [2.75, 3.05) is 20.3 Å². The van der Waals surface area contributed by atoms with Gasteiger partial charge in [-0.3, -0.25) is 4.79 Å². The summed E-state index contributed by atoms with van der Waals surface area (Å²) in [6.45, 7) is 4.71. The Hall–Kier alpha value is -2.45. The Labute approximate surface area is 197 Å². The zero-order valence-electron chi connectivity index (χ0n) is 19.6. The van der Waals surface area contributed by atoms with Crippen LogP contribution in [-0.4, -0.2) is 38.8 Å². The van der Waals surface area contributed by atoms with Gasteiger partial charge in [-0.1, -0.05) is 12.1 Å². The van der Waals surface area contributed by atoms with Crippen molar-refractivity contribution in [2.45, 2.75) is 64.1 Å². The second kappa shape index (κ2) is 11.8. The van der Waals surface area contributed by atoms with Gasteiger partial charge in [0.15, 0.2) is 30.2 Å². The predicted molar refractivity (Wildman–Crippen MR) is 121 cm³/mol. The van der Waals surface area contributed by atoms with E-state index in [4.69, 9.17) is 14.2 Å². The van der Waals surface area contributed by atoms with Gasteiger partial charge in [-0.25, -0.2) is 17.6 Å². The van der Waals surface area contributed by atoms with Gasteiger partial charge in [0, 0.05) is 24.8 Å². The van der Waals surface area contributed by atoms with Crippen LogP contribution in [0, 0.1) is 11.6 Å². The first-order valence-electron chi connectivity index (χ1n) is 11.5. The first kappa shape index (κ1) is 26.2. The third-order valence-corrected chi connectivity index (χ3v) is 6.24. The average molecular weight is 483 g/mol. The van der Waals surface area contributed by atoms with Crippen LogP contribution in [-0.2, 0) is 9.47 Å². The van der Waals surface area contributed by atoms with Crippen LogP contribution >= 0.6 is 0 Å². The molecular weight excluding hydrogens is 452 g/mol. The molecule has 0 radical (unpaired) electrons. The van der Waals surface area contributed by atoms with E-state index in [0.717, 1.165) is 12.7 Å². The molecule has 0 aromatic heterocycles. The van der Waals surface area contributed by atoms with Gasteiger partial charge < -0.3 is 14.2 Å². The largest absolute Gasteiger partial charge is 0.491 e. The lowest BCUT2D eigenvalue weighted by Crippen LogP contribution is -2.25. The number of alkyl halides is 2. The van der Waals surface area contributed by atoms with Crippen molar-refractivity contribution in [2.24, 2.45) is 0 Å². The number of halogens is 4. The summed E-state index contributed by atoms with van der Waals surface area (Å²) in [7, 11) is 1.80. The first-order valence-corrected chi connectivity index (χ1v) is 11.5. The number of carbonyl (C=O) groups excluding carboxylic acids is 1. The van der Waals surface area contributed by atoms with Crippen molar-refractivity contribution in [3.05, 3.63) is 52.6 Å². The molecule has 1 saturated carbocycles. The molecule has 0 aliphatic heterocycles. The van der Waals surface area contributed by atoms with Crippen molar-refractivity contribution in [3.8, 4) is 16.9 Å². The molecule has 2 aromatic carbocycles. The second-order valence-corrected chi connectivity index (χ2v) is 8.21. The van der Waals surface area contributed by atoms with E-state index in [1.54, 1.807) is 14.0 Å². The zero-order chi connectivity index (χ0) is 24.8. The van der Waals surface area contributed by atoms with E-state index in [9.17, 15) is 22.4 Å². The summed E-state index contributed by atoms with van der Waals surface area (Å²) in [4.78, 5) is 10.8. The first-order chi connectivity index (χ1) is 16.4. The highest BCUT2D eigenvalue weighted by Gasteiger charge is 2.39. The van der Waals surface area contributed by atoms with E-state index in [1.165, 1.54) is 43.9 Å². The molecule has 0 saturated heterocycles. The van der Waals surface area contributed by atoms with Gasteiger partial charge in [-0.05, 0) is 62.8 Å². The van der Waals surface area contributed by atoms with Gasteiger partial charge in [0.25, 0.3) is 0 Å². The van der Waals surface area contributed by atoms with Crippen molar-refractivity contribution in [1.82, 2.24) is 0 Å². The van der Waals surface area contributed by atoms with Crippen LogP contribution < -0.4 is 4.74 Å². The van der Waals surface area contributed by atoms with Crippen LogP contribution in [0.5, 0.6) is 5.75 Å². The van der Waals surface area contributed by atoms with E-state index in [0.29, 0.717) is 12.2 Å². The normalized spacial score (nSPS) is 23.3. The van der Waals surface area contributed by atoms with E-state index in [2.05, 4.69) is 6.92 Å². The topological polar surface area (TPSA) is 44.8 Å². The highest BCUT2D eigenvalue weighted by molar-refractivity contribution is 5.82. The minimum absolute atomic E-state index is 0.0337. The fourth-order valence-electron chi connectivity index (χ4n) is 4.51. The molecule has 8 heteroatoms. The molecule has 2 atom stereocenters. The Morgan fingerprint density at radius 2 is 1.41 bits per heavy atom. The number of carbonyl (C=O) groups is 1. The molecule has 2 aliphatic rings. The molecule has 2 aromatic rings. The van der Waals surface area contributed by atoms with Crippen molar-refractivity contribution >= 4 is 6.29 Å². The fourth-order valence-corrected chi connectivity index (χ4v) is 4.51. The van der Waals surface area contributed by atoms with Crippen LogP contribution in [0.1, 0.15) is 73.4 Å². The van der Waals surface area contributed by atoms with Gasteiger partial charge in [0.05, 0.1) is 24.4 Å². The van der Waals surface area contributed by atoms with Crippen molar-refractivity contribution in [3.63, 3.8) is 0 Å². The molecule has 0 amide bonds. The average Bonchev–Trinajstić information content (AvgIpc) is 2.85. The minimum atomic E-state index is -2.40. The van der Waals surface area contributed by atoms with Gasteiger partial charge in [-0.2, -0.15) is 0 Å². The lowest BCUT2D eigenvalue weighted by atomic mass is 9.82. The quantitative estimate of drug-likeness (QED) is 0.333. The molecule has 2 unspecified atom stereocenters. The van der Waals surface area contributed by atoms with Gasteiger partial charge in [0.2, 0.25) is 0 Å². The smallest absolute Gasteiger partial charge is 0.171 e. The Morgan fingerprint density at radius 1 is 0.853 bits per heavy atom. The van der Waals surface area contributed by atoms with E-state index in [-0.39, 0.29) is 35.3 Å². The summed E-state index contributed by atoms with van der Waals surface area (Å²) < 4.78 is 73.3. The third kappa shape index (κ3) is 5.28. The predicted octanol–water partition coefficient (Wildman–Crippen LogP) is 6.86. The number of ether oxygens (including phenoxy) is 3. The minimum Gasteiger partial charge on any atom is -0.491 e. The van der Waals surface area contributed by atoms with Gasteiger partial charge in [-0.15, -0.1) is 0 Å². The van der Waals surface area contributed by atoms with Crippen LogP contribution in [0.2, 0.25) is 0 Å². The lowest BCUT2D eigenvalue weighted by Gasteiger charge is -2.28. The molecule has 0 heterocycles. The number of aldehydes is 1. The standard InChI is InChI=1S/C17H12F4O2.C9H18O2/c1-2-23-11-6-5-10-9-4-3-8(7-22)14(18)12(9)16(20)17(21)13(10)15(11)19;1-3-11-9-6-4-8(10-2)5-7-9/h3-7,16-17H,2H2,1H3;8-9H,3-7H2,1-2H3. The highest BCUT2D eigenvalue weighted by atomic mass is 19.2. The Balaban J connectivity index is 0.000000248. The number of hydrogen-bond donors (Lipinski definition) is 0. The Kier molecular flexibility index (Phi) is 9.08. The summed E-state index contributed by atoms with van der Waals surface area (Å²) >= 11 is 0. The maximum Gasteiger partial charge on any atom is 0.171 e.